The number of hydrogen-bond acceptors (Lipinski definition) is 6. The zero-order chi connectivity index (χ0) is 32.2. The molecule has 0 aliphatic carbocycles. The molecule has 4 aromatic carbocycles. The molecule has 1 N–H and O–H groups in total. The summed E-state index contributed by atoms with van der Waals surface area (Å²) in [6, 6.07) is 23.4. The average Bonchev–Trinajstić information content (AvgIpc) is 2.90. The van der Waals surface area contributed by atoms with E-state index < -0.39 is 49.7 Å². The molecule has 0 aliphatic heterocycles. The van der Waals surface area contributed by atoms with Gasteiger partial charge in [-0.05, 0) is 76.6 Å². The van der Waals surface area contributed by atoms with E-state index in [9.17, 15) is 31.7 Å². The van der Waals surface area contributed by atoms with Crippen LogP contribution < -0.4 is 25.9 Å². The average molecular weight is 723 g/mol. The first kappa shape index (κ1) is 34.1. The fraction of sp³-hybridized carbons (Fsp3) is 0.242. The van der Waals surface area contributed by atoms with E-state index in [1.54, 1.807) is 0 Å². The van der Waals surface area contributed by atoms with Crippen molar-refractivity contribution in [2.75, 3.05) is 0 Å². The van der Waals surface area contributed by atoms with Crippen LogP contribution in [0.2, 0.25) is 0 Å². The Morgan fingerprint density at radius 2 is 1.21 bits per heavy atom. The van der Waals surface area contributed by atoms with Gasteiger partial charge in [0.15, 0.2) is 18.8 Å². The number of phenols is 1. The Hall–Kier alpha value is -3.35. The summed E-state index contributed by atoms with van der Waals surface area (Å²) in [6.45, 7) is 13.6. The number of carbonyl (C=O) groups is 1. The number of carbonyl (C=O) groups excluding carboxylic acids is 1. The summed E-state index contributed by atoms with van der Waals surface area (Å²) in [5, 5.41) is 9.42. The summed E-state index contributed by atoms with van der Waals surface area (Å²) in [4.78, 5) is 10.8. The van der Waals surface area contributed by atoms with Gasteiger partial charge in [-0.3, -0.25) is 0 Å². The van der Waals surface area contributed by atoms with Crippen LogP contribution in [0.1, 0.15) is 63.0 Å². The fourth-order valence-corrected chi connectivity index (χ4v) is 6.45. The van der Waals surface area contributed by atoms with Crippen molar-refractivity contribution in [1.82, 2.24) is 0 Å². The van der Waals surface area contributed by atoms with E-state index in [-0.39, 0.29) is 32.0 Å². The summed E-state index contributed by atoms with van der Waals surface area (Å²) < 4.78 is 66.5. The van der Waals surface area contributed by atoms with Gasteiger partial charge in [0.05, 0.1) is 10.5 Å². The molecular weight excluding hydrogens is 689 g/mol. The molecule has 4 aromatic rings. The summed E-state index contributed by atoms with van der Waals surface area (Å²) in [6.07, 6.45) is 0. The summed E-state index contributed by atoms with van der Waals surface area (Å²) >= 11 is -0.0703. The second-order valence-electron chi connectivity index (χ2n) is 11.7. The van der Waals surface area contributed by atoms with Crippen LogP contribution in [-0.4, -0.2) is 24.0 Å². The van der Waals surface area contributed by atoms with Crippen LogP contribution >= 0.6 is 0 Å². The molecule has 0 saturated carbocycles. The van der Waals surface area contributed by atoms with Crippen LogP contribution in [0, 0.1) is 18.8 Å². The molecule has 0 fully saturated rings. The van der Waals surface area contributed by atoms with Gasteiger partial charge in [0.2, 0.25) is 5.75 Å². The van der Waals surface area contributed by atoms with Crippen LogP contribution in [0.25, 0.3) is 0 Å². The molecule has 0 heterocycles. The highest BCUT2D eigenvalue weighted by Crippen LogP contribution is 2.26. The standard InChI is InChI=1S/C20H26I.C13H8F2O6S/c1-19(2,3)15-7-11-17(12-8-15)21-18-13-9-16(10-14-18)20(4,5)6;14-8-2-1-3-9(15)12(8)21-13(17)7-4-5-11(10(16)6-7)22(18,19)20/h7-14H,1-6H3;1-6,16H,(H,18,19,20)/q+1;/p-1. The minimum atomic E-state index is -4.92. The molecule has 4 rings (SSSR count). The first-order valence-corrected chi connectivity index (χ1v) is 16.7. The molecule has 0 amide bonds. The van der Waals surface area contributed by atoms with Crippen molar-refractivity contribution < 1.29 is 57.6 Å². The first-order valence-electron chi connectivity index (χ1n) is 13.2. The number of phenolic OH excluding ortho intramolecular Hbond substituents is 1. The molecule has 43 heavy (non-hydrogen) atoms. The van der Waals surface area contributed by atoms with E-state index in [1.807, 2.05) is 0 Å². The largest absolute Gasteiger partial charge is 0.744 e. The van der Waals surface area contributed by atoms with Crippen molar-refractivity contribution in [3.05, 3.63) is 120 Å². The summed E-state index contributed by atoms with van der Waals surface area (Å²) in [5.41, 5.74) is 2.92. The van der Waals surface area contributed by atoms with Gasteiger partial charge in [-0.2, -0.15) is 0 Å². The van der Waals surface area contributed by atoms with E-state index >= 15 is 0 Å². The van der Waals surface area contributed by atoms with E-state index in [1.165, 1.54) is 18.3 Å². The van der Waals surface area contributed by atoms with Crippen LogP contribution in [0.4, 0.5) is 8.78 Å². The number of aromatic hydroxyl groups is 1. The normalized spacial score (nSPS) is 11.8. The number of benzene rings is 4. The van der Waals surface area contributed by atoms with Gasteiger partial charge in [0, 0.05) is 0 Å². The van der Waals surface area contributed by atoms with Crippen LogP contribution in [0.3, 0.4) is 0 Å². The molecular formula is C33H33F2IO6S. The van der Waals surface area contributed by atoms with Gasteiger partial charge in [0.25, 0.3) is 0 Å². The molecule has 228 valence electrons. The molecule has 0 radical (unpaired) electrons. The molecule has 0 aliphatic rings. The van der Waals surface area contributed by atoms with Gasteiger partial charge >= 0.3 is 27.2 Å². The number of ether oxygens (including phenoxy) is 1. The van der Waals surface area contributed by atoms with Crippen molar-refractivity contribution in [2.24, 2.45) is 0 Å². The maximum Gasteiger partial charge on any atom is 0.357 e. The molecule has 0 bridgehead atoms. The Bertz CT molecular complexity index is 1610. The molecule has 0 unspecified atom stereocenters. The van der Waals surface area contributed by atoms with Crippen molar-refractivity contribution in [1.29, 1.82) is 0 Å². The van der Waals surface area contributed by atoms with Crippen molar-refractivity contribution in [3.63, 3.8) is 0 Å². The second kappa shape index (κ2) is 13.5. The predicted octanol–water partition coefficient (Wildman–Crippen LogP) is 4.20. The highest BCUT2D eigenvalue weighted by molar-refractivity contribution is 7.85. The molecule has 0 aromatic heterocycles. The topological polar surface area (TPSA) is 104 Å². The maximum atomic E-state index is 13.3. The number of rotatable bonds is 5. The number of hydrogen-bond donors (Lipinski definition) is 1. The Labute approximate surface area is 261 Å². The van der Waals surface area contributed by atoms with Crippen molar-refractivity contribution >= 4 is 16.1 Å². The van der Waals surface area contributed by atoms with Crippen molar-refractivity contribution in [2.45, 2.75) is 57.3 Å². The lowest BCUT2D eigenvalue weighted by atomic mass is 9.87. The molecule has 0 atom stereocenters. The van der Waals surface area contributed by atoms with E-state index in [0.29, 0.717) is 12.1 Å². The lowest BCUT2D eigenvalue weighted by molar-refractivity contribution is -0.597. The fourth-order valence-electron chi connectivity index (χ4n) is 3.74. The number of esters is 1. The Balaban J connectivity index is 0.000000236. The lowest BCUT2D eigenvalue weighted by Gasteiger charge is -2.18. The Morgan fingerprint density at radius 3 is 1.58 bits per heavy atom. The van der Waals surface area contributed by atoms with Gasteiger partial charge in [-0.15, -0.1) is 0 Å². The highest BCUT2D eigenvalue weighted by atomic mass is 127. The summed E-state index contributed by atoms with van der Waals surface area (Å²) in [5.74, 6) is -5.38. The SMILES string of the molecule is CC(C)(C)c1ccc([I+]c2ccc(C(C)(C)C)cc2)cc1.O=C(Oc1c(F)cccc1F)c1ccc(S(=O)(=O)[O-])c(O)c1. The molecule has 6 nitrogen and oxygen atoms in total. The monoisotopic (exact) mass is 722 g/mol. The van der Waals surface area contributed by atoms with Gasteiger partial charge in [0.1, 0.15) is 15.9 Å². The lowest BCUT2D eigenvalue weighted by Crippen LogP contribution is -3.61. The number of para-hydroxylation sites is 1. The van der Waals surface area contributed by atoms with Crippen molar-refractivity contribution in [3.8, 4) is 11.5 Å². The Morgan fingerprint density at radius 1 is 0.767 bits per heavy atom. The van der Waals surface area contributed by atoms with E-state index in [0.717, 1.165) is 24.3 Å². The third-order valence-electron chi connectivity index (χ3n) is 6.22. The second-order valence-corrected chi connectivity index (χ2v) is 16.1. The maximum absolute atomic E-state index is 13.3. The van der Waals surface area contributed by atoms with Crippen LogP contribution in [-0.2, 0) is 20.9 Å². The third kappa shape index (κ3) is 9.57. The van der Waals surface area contributed by atoms with Crippen LogP contribution in [0.5, 0.6) is 11.5 Å². The summed E-state index contributed by atoms with van der Waals surface area (Å²) in [7, 11) is -4.92. The molecule has 0 spiro atoms. The minimum absolute atomic E-state index is 0.0703. The molecule has 0 saturated heterocycles. The predicted molar refractivity (Wildman–Crippen MR) is 155 cm³/mol. The van der Waals surface area contributed by atoms with Crippen LogP contribution in [0.15, 0.2) is 89.8 Å². The third-order valence-corrected chi connectivity index (χ3v) is 9.78. The molecule has 10 heteroatoms. The quantitative estimate of drug-likeness (QED) is 0.144. The highest BCUT2D eigenvalue weighted by Gasteiger charge is 2.21. The number of halogens is 3. The zero-order valence-electron chi connectivity index (χ0n) is 24.6. The minimum Gasteiger partial charge on any atom is -0.744 e. The first-order chi connectivity index (χ1) is 19.9. The van der Waals surface area contributed by atoms with Gasteiger partial charge in [-0.1, -0.05) is 71.9 Å². The van der Waals surface area contributed by atoms with Gasteiger partial charge < -0.3 is 14.4 Å². The zero-order valence-corrected chi connectivity index (χ0v) is 27.6. The van der Waals surface area contributed by atoms with E-state index in [2.05, 4.69) is 94.8 Å². The smallest absolute Gasteiger partial charge is 0.357 e. The van der Waals surface area contributed by atoms with E-state index in [4.69, 9.17) is 0 Å². The Kier molecular flexibility index (Phi) is 10.7. The van der Waals surface area contributed by atoms with Gasteiger partial charge in [-0.25, -0.2) is 22.0 Å².